The Kier molecular flexibility index (Phi) is 10.6. The molecule has 6 nitrogen and oxygen atoms in total. The van der Waals surface area contributed by atoms with Gasteiger partial charge in [-0.25, -0.2) is 9.97 Å². The van der Waals surface area contributed by atoms with Crippen molar-refractivity contribution in [3.05, 3.63) is 328 Å². The predicted molar refractivity (Wildman–Crippen MR) is 380 cm³/mol. The van der Waals surface area contributed by atoms with Crippen LogP contribution in [0.2, 0.25) is 0 Å². The first kappa shape index (κ1) is 42.5. The molecule has 6 heteroatoms. The molecule has 0 N–H and O–H groups in total. The first-order valence-electron chi connectivity index (χ1n) is 36.0. The van der Waals surface area contributed by atoms with Crippen LogP contribution in [0, 0.1) is 0 Å². The average molecular weight is 1190 g/mol. The van der Waals surface area contributed by atoms with Crippen molar-refractivity contribution in [2.45, 2.75) is 0 Å². The molecule has 0 radical (unpaired) electrons. The van der Waals surface area contributed by atoms with Gasteiger partial charge in [0.15, 0.2) is 0 Å². The number of rotatable bonds is 9. The Morgan fingerprint density at radius 1 is 0.250 bits per heavy atom. The Morgan fingerprint density at radius 2 is 0.652 bits per heavy atom. The van der Waals surface area contributed by atoms with Crippen molar-refractivity contribution in [2.24, 2.45) is 0 Å². The fourth-order valence-corrected chi connectivity index (χ4v) is 12.4. The van der Waals surface area contributed by atoms with Crippen molar-refractivity contribution in [1.82, 2.24) is 19.9 Å². The van der Waals surface area contributed by atoms with Crippen LogP contribution in [0.4, 0.5) is 0 Å². The summed E-state index contributed by atoms with van der Waals surface area (Å²) in [6.45, 7) is 0. The first-order chi connectivity index (χ1) is 50.6. The summed E-state index contributed by atoms with van der Waals surface area (Å²) in [6.07, 6.45) is 3.38. The molecule has 0 unspecified atom stereocenters. The Balaban J connectivity index is 0.000000159. The predicted octanol–water partition coefficient (Wildman–Crippen LogP) is 23.2. The van der Waals surface area contributed by atoms with Gasteiger partial charge in [0.2, 0.25) is 0 Å². The molecule has 0 saturated heterocycles. The Hall–Kier alpha value is -12.4. The fourth-order valence-electron chi connectivity index (χ4n) is 12.4. The molecule has 18 rings (SSSR count). The minimum Gasteiger partial charge on any atom is -0.456 e. The van der Waals surface area contributed by atoms with Crippen LogP contribution in [0.25, 0.3) is 177 Å². The lowest BCUT2D eigenvalue weighted by molar-refractivity contribution is 0.598. The van der Waals surface area contributed by atoms with Crippen LogP contribution in [-0.2, 0) is 0 Å². The summed E-state index contributed by atoms with van der Waals surface area (Å²) >= 11 is 0. The number of fused-ring (bicyclic) bond motifs is 9. The van der Waals surface area contributed by atoms with Crippen molar-refractivity contribution >= 4 is 75.9 Å². The zero-order valence-corrected chi connectivity index (χ0v) is 48.9. The lowest BCUT2D eigenvalue weighted by atomic mass is 9.89. The molecule has 6 heterocycles. The maximum atomic E-state index is 9.50. The van der Waals surface area contributed by atoms with E-state index >= 15 is 0 Å². The van der Waals surface area contributed by atoms with Crippen molar-refractivity contribution in [3.63, 3.8) is 0 Å². The molecule has 6 aromatic heterocycles. The molecule has 0 spiro atoms. The van der Waals surface area contributed by atoms with E-state index < -0.39 is 24.2 Å². The van der Waals surface area contributed by atoms with Gasteiger partial charge in [0.25, 0.3) is 0 Å². The lowest BCUT2D eigenvalue weighted by Crippen LogP contribution is -1.91. The molecule has 18 aromatic rings. The molecule has 0 fully saturated rings. The molecule has 0 aliphatic rings. The summed E-state index contributed by atoms with van der Waals surface area (Å²) < 4.78 is 121. The van der Waals surface area contributed by atoms with Crippen LogP contribution in [0.15, 0.2) is 336 Å². The molecule has 0 aliphatic carbocycles. The Bertz CT molecular complexity index is 6570. The number of hydrogen-bond acceptors (Lipinski definition) is 6. The minimum atomic E-state index is -0.431. The number of pyridine rings is 4. The molecule has 0 atom stereocenters. The quantitative estimate of drug-likeness (QED) is 0.134. The van der Waals surface area contributed by atoms with Gasteiger partial charge in [0.05, 0.1) is 49.9 Å². The highest BCUT2D eigenvalue weighted by atomic mass is 16.3. The van der Waals surface area contributed by atoms with Crippen LogP contribution in [0.1, 0.15) is 16.4 Å². The van der Waals surface area contributed by atoms with E-state index in [1.54, 1.807) is 36.7 Å². The highest BCUT2D eigenvalue weighted by Gasteiger charge is 2.26. The monoisotopic (exact) mass is 1190 g/mol. The van der Waals surface area contributed by atoms with E-state index in [9.17, 15) is 8.22 Å². The SMILES string of the molecule is [2H]c1c([2H])c([2H])c2c(-c3ccc(-c4cccc5ccccc45)o3)c([2H])c([2H])c(-c3ccc4ccc5cccnc5c4n3)c2c1[2H].[2H]c1c([2H])c([2H])c2c(-c3ccc4ccc5cccnc5c4n3)c([2H])c([2H])c(-c3ccc(-c4c(-c5ccccc5)oc(-c5ccccc5)c4-c4ccccc4)cc3)c2c1[2H]. The summed E-state index contributed by atoms with van der Waals surface area (Å²) in [7, 11) is 0. The number of nitrogens with zero attached hydrogens (tertiary/aromatic N) is 4. The van der Waals surface area contributed by atoms with E-state index in [0.717, 1.165) is 77.0 Å². The average Bonchev–Trinajstić information content (AvgIpc) is 0.924. The standard InChI is InChI=1S/C50H32N2O.C36H22N2O/c1-4-13-34(14-5-1)45-46(50(39-17-8-3-9-18-39)53-49(45)38-15-6-2-7-16-38)35-24-22-33(23-25-35)40-29-30-43(42-21-11-10-20-41(40)42)44-31-28-37-27-26-36-19-12-32-51-47(36)48(37)52-44;1-2-10-26-23(7-1)8-5-13-30(26)33-20-21-34(39-33)31-18-17-29(27-11-3-4-12-28(27)31)32-19-16-25-15-14-24-9-6-22-37-35(24)36(25)38-32/h1-32H;1-22H/i10D,11D,20D,21D,29D,30D;3D,4D,11D,12D,17D,18D. The molecule has 430 valence electrons. The number of furan rings is 2. The van der Waals surface area contributed by atoms with Gasteiger partial charge < -0.3 is 8.83 Å². The summed E-state index contributed by atoms with van der Waals surface area (Å²) in [6, 6.07) is 73.8. The number of hydrogen-bond donors (Lipinski definition) is 0. The number of benzene rings is 12. The molecule has 0 aliphatic heterocycles. The van der Waals surface area contributed by atoms with Crippen LogP contribution in [0.5, 0.6) is 0 Å². The third-order valence-corrected chi connectivity index (χ3v) is 16.8. The third kappa shape index (κ3) is 9.62. The lowest BCUT2D eigenvalue weighted by Gasteiger charge is -2.13. The van der Waals surface area contributed by atoms with E-state index in [1.165, 1.54) is 0 Å². The van der Waals surface area contributed by atoms with Crippen LogP contribution in [0.3, 0.4) is 0 Å². The molecule has 0 saturated carbocycles. The van der Waals surface area contributed by atoms with Crippen molar-refractivity contribution < 1.29 is 25.3 Å². The van der Waals surface area contributed by atoms with Crippen molar-refractivity contribution in [3.8, 4) is 101 Å². The van der Waals surface area contributed by atoms with Crippen LogP contribution in [-0.4, -0.2) is 19.9 Å². The van der Waals surface area contributed by atoms with Gasteiger partial charge in [-0.05, 0) is 97.0 Å². The molecular formula is C86H54N4O2. The zero-order valence-electron chi connectivity index (χ0n) is 60.9. The van der Waals surface area contributed by atoms with Crippen LogP contribution >= 0.6 is 0 Å². The van der Waals surface area contributed by atoms with Gasteiger partial charge in [-0.3, -0.25) is 9.97 Å². The second-order valence-electron chi connectivity index (χ2n) is 22.2. The van der Waals surface area contributed by atoms with Gasteiger partial charge in [-0.1, -0.05) is 273 Å². The Morgan fingerprint density at radius 3 is 1.21 bits per heavy atom. The van der Waals surface area contributed by atoms with E-state index in [2.05, 4.69) is 22.1 Å². The summed E-state index contributed by atoms with van der Waals surface area (Å²) in [4.78, 5) is 18.9. The third-order valence-electron chi connectivity index (χ3n) is 16.8. The second-order valence-corrected chi connectivity index (χ2v) is 22.2. The van der Waals surface area contributed by atoms with Gasteiger partial charge in [-0.15, -0.1) is 0 Å². The van der Waals surface area contributed by atoms with Crippen LogP contribution < -0.4 is 0 Å². The maximum Gasteiger partial charge on any atom is 0.143 e. The zero-order chi connectivity index (χ0) is 71.3. The van der Waals surface area contributed by atoms with Gasteiger partial charge in [-0.2, -0.15) is 0 Å². The molecule has 12 aromatic carbocycles. The highest BCUT2D eigenvalue weighted by molar-refractivity contribution is 6.10. The van der Waals surface area contributed by atoms with Crippen molar-refractivity contribution in [2.75, 3.05) is 0 Å². The molecule has 0 amide bonds. The normalized spacial score (nSPS) is 13.3. The van der Waals surface area contributed by atoms with E-state index in [-0.39, 0.29) is 97.9 Å². The minimum absolute atomic E-state index is 0.105. The van der Waals surface area contributed by atoms with E-state index in [4.69, 9.17) is 27.0 Å². The molecule has 0 bridgehead atoms. The van der Waals surface area contributed by atoms with Gasteiger partial charge in [0, 0.05) is 78.4 Å². The summed E-state index contributed by atoms with van der Waals surface area (Å²) in [5.41, 5.74) is 10.7. The second kappa shape index (κ2) is 23.0. The van der Waals surface area contributed by atoms with Gasteiger partial charge in [0.1, 0.15) is 23.0 Å². The van der Waals surface area contributed by atoms with E-state index in [0.29, 0.717) is 50.5 Å². The first-order valence-corrected chi connectivity index (χ1v) is 30.0. The number of aromatic nitrogens is 4. The van der Waals surface area contributed by atoms with Crippen molar-refractivity contribution in [1.29, 1.82) is 0 Å². The van der Waals surface area contributed by atoms with E-state index in [1.807, 2.05) is 206 Å². The maximum absolute atomic E-state index is 9.50. The summed E-state index contributed by atoms with van der Waals surface area (Å²) in [5.74, 6) is 2.20. The summed E-state index contributed by atoms with van der Waals surface area (Å²) in [5, 5.41) is 5.98. The molecule has 92 heavy (non-hydrogen) atoms. The molecular weight excluding hydrogens is 1120 g/mol. The van der Waals surface area contributed by atoms with Gasteiger partial charge >= 0.3 is 0 Å². The smallest absolute Gasteiger partial charge is 0.143 e. The Labute approximate surface area is 547 Å². The fraction of sp³-hybridized carbons (Fsp3) is 0. The topological polar surface area (TPSA) is 77.8 Å². The largest absolute Gasteiger partial charge is 0.456 e. The highest BCUT2D eigenvalue weighted by Crippen LogP contribution is 2.49.